The van der Waals surface area contributed by atoms with Crippen molar-refractivity contribution in [1.29, 1.82) is 0 Å². The molecule has 7 heteroatoms. The van der Waals surface area contributed by atoms with Crippen LogP contribution in [0.4, 0.5) is 6.01 Å². The Morgan fingerprint density at radius 3 is 2.52 bits per heavy atom. The van der Waals surface area contributed by atoms with Gasteiger partial charge in [0.2, 0.25) is 10.0 Å². The van der Waals surface area contributed by atoms with Gasteiger partial charge in [-0.15, -0.1) is 0 Å². The van der Waals surface area contributed by atoms with Crippen molar-refractivity contribution in [3.05, 3.63) is 54.1 Å². The van der Waals surface area contributed by atoms with Gasteiger partial charge in [0, 0.05) is 19.6 Å². The maximum atomic E-state index is 12.4. The van der Waals surface area contributed by atoms with Gasteiger partial charge in [-0.2, -0.15) is 4.98 Å². The van der Waals surface area contributed by atoms with Gasteiger partial charge in [0.15, 0.2) is 5.58 Å². The van der Waals surface area contributed by atoms with Crippen LogP contribution in [0.25, 0.3) is 11.1 Å². The number of benzene rings is 2. The second-order valence-corrected chi connectivity index (χ2v) is 8.83. The zero-order valence-electron chi connectivity index (χ0n) is 15.3. The number of hydrogen-bond acceptors (Lipinski definition) is 5. The first-order valence-electron chi connectivity index (χ1n) is 9.18. The number of piperidine rings is 1. The molecule has 0 saturated carbocycles. The number of fused-ring (bicyclic) bond motifs is 1. The predicted octanol–water partition coefficient (Wildman–Crippen LogP) is 3.33. The molecule has 2 heterocycles. The Bertz CT molecular complexity index is 987. The lowest BCUT2D eigenvalue weighted by Crippen LogP contribution is -2.38. The fourth-order valence-electron chi connectivity index (χ4n) is 3.35. The van der Waals surface area contributed by atoms with Gasteiger partial charge in [-0.3, -0.25) is 0 Å². The van der Waals surface area contributed by atoms with Crippen LogP contribution in [0.5, 0.6) is 0 Å². The number of oxazole rings is 1. The molecule has 1 aromatic heterocycles. The topological polar surface area (TPSA) is 75.4 Å². The minimum Gasteiger partial charge on any atom is -0.423 e. The zero-order valence-corrected chi connectivity index (χ0v) is 16.1. The van der Waals surface area contributed by atoms with E-state index >= 15 is 0 Å². The highest BCUT2D eigenvalue weighted by Gasteiger charge is 2.24. The van der Waals surface area contributed by atoms with Crippen LogP contribution in [0.3, 0.4) is 0 Å². The van der Waals surface area contributed by atoms with Crippen molar-refractivity contribution >= 4 is 27.1 Å². The lowest BCUT2D eigenvalue weighted by atomic mass is 9.97. The maximum absolute atomic E-state index is 12.4. The Labute approximate surface area is 159 Å². The van der Waals surface area contributed by atoms with Crippen molar-refractivity contribution < 1.29 is 12.8 Å². The number of para-hydroxylation sites is 2. The van der Waals surface area contributed by atoms with Gasteiger partial charge >= 0.3 is 0 Å². The van der Waals surface area contributed by atoms with Crippen LogP contribution >= 0.6 is 0 Å². The number of nitrogens with one attached hydrogen (secondary N) is 1. The fourth-order valence-corrected chi connectivity index (χ4v) is 4.47. The third kappa shape index (κ3) is 3.99. The van der Waals surface area contributed by atoms with Gasteiger partial charge in [-0.1, -0.05) is 29.8 Å². The van der Waals surface area contributed by atoms with Gasteiger partial charge in [0.25, 0.3) is 6.01 Å². The molecule has 0 aliphatic carbocycles. The average molecular weight is 385 g/mol. The normalized spacial score (nSPS) is 16.1. The highest BCUT2D eigenvalue weighted by molar-refractivity contribution is 7.89. The Morgan fingerprint density at radius 1 is 1.11 bits per heavy atom. The van der Waals surface area contributed by atoms with Gasteiger partial charge in [-0.05, 0) is 49.9 Å². The summed E-state index contributed by atoms with van der Waals surface area (Å²) in [6.45, 7) is 4.01. The summed E-state index contributed by atoms with van der Waals surface area (Å²) in [5.41, 5.74) is 2.70. The third-order valence-corrected chi connectivity index (χ3v) is 6.50. The van der Waals surface area contributed by atoms with Crippen LogP contribution in [-0.2, 0) is 10.0 Å². The first-order chi connectivity index (χ1) is 13.0. The van der Waals surface area contributed by atoms with Crippen molar-refractivity contribution in [2.45, 2.75) is 24.7 Å². The number of hydrogen-bond donors (Lipinski definition) is 1. The SMILES string of the molecule is Cc1ccc(S(=O)(=O)NCC2CCN(c3nc4ccccc4o3)CC2)cc1. The molecule has 0 bridgehead atoms. The molecule has 1 aliphatic rings. The van der Waals surface area contributed by atoms with Crippen molar-refractivity contribution in [3.8, 4) is 0 Å². The summed E-state index contributed by atoms with van der Waals surface area (Å²) in [5, 5.41) is 0. The van der Waals surface area contributed by atoms with Crippen LogP contribution in [0.1, 0.15) is 18.4 Å². The zero-order chi connectivity index (χ0) is 18.9. The molecule has 0 amide bonds. The smallest absolute Gasteiger partial charge is 0.298 e. The van der Waals surface area contributed by atoms with E-state index in [0.29, 0.717) is 23.4 Å². The first-order valence-corrected chi connectivity index (χ1v) is 10.7. The van der Waals surface area contributed by atoms with Crippen LogP contribution < -0.4 is 9.62 Å². The standard InChI is InChI=1S/C20H23N3O3S/c1-15-6-8-17(9-7-15)27(24,25)21-14-16-10-12-23(13-11-16)20-22-18-4-2-3-5-19(18)26-20/h2-9,16,21H,10-14H2,1H3. The quantitative estimate of drug-likeness (QED) is 0.729. The van der Waals surface area contributed by atoms with Crippen molar-refractivity contribution in [2.24, 2.45) is 5.92 Å². The van der Waals surface area contributed by atoms with Crippen LogP contribution in [0.15, 0.2) is 57.8 Å². The molecule has 1 aliphatic heterocycles. The molecule has 4 rings (SSSR count). The Hall–Kier alpha value is -2.38. The lowest BCUT2D eigenvalue weighted by molar-refractivity contribution is 0.387. The predicted molar refractivity (Wildman–Crippen MR) is 105 cm³/mol. The largest absolute Gasteiger partial charge is 0.423 e. The summed E-state index contributed by atoms with van der Waals surface area (Å²) in [4.78, 5) is 6.99. The monoisotopic (exact) mass is 385 g/mol. The number of aryl methyl sites for hydroxylation is 1. The molecule has 3 aromatic rings. The molecule has 1 N–H and O–H groups in total. The van der Waals surface area contributed by atoms with E-state index in [1.165, 1.54) is 0 Å². The maximum Gasteiger partial charge on any atom is 0.298 e. The summed E-state index contributed by atoms with van der Waals surface area (Å²) in [7, 11) is -3.45. The van der Waals surface area contributed by atoms with E-state index in [9.17, 15) is 8.42 Å². The minimum atomic E-state index is -3.45. The molecule has 2 aromatic carbocycles. The molecular formula is C20H23N3O3S. The van der Waals surface area contributed by atoms with Crippen molar-refractivity contribution in [3.63, 3.8) is 0 Å². The van der Waals surface area contributed by atoms with Crippen LogP contribution in [-0.4, -0.2) is 33.0 Å². The molecule has 142 valence electrons. The summed E-state index contributed by atoms with van der Waals surface area (Å²) in [6, 6.07) is 15.3. The molecule has 1 fully saturated rings. The van der Waals surface area contributed by atoms with Gasteiger partial charge in [0.1, 0.15) is 5.52 Å². The van der Waals surface area contributed by atoms with E-state index in [4.69, 9.17) is 4.42 Å². The first kappa shape index (κ1) is 18.0. The number of nitrogens with zero attached hydrogens (tertiary/aromatic N) is 2. The minimum absolute atomic E-state index is 0.311. The Kier molecular flexibility index (Phi) is 4.88. The van der Waals surface area contributed by atoms with E-state index in [1.807, 2.05) is 43.3 Å². The van der Waals surface area contributed by atoms with Crippen LogP contribution in [0, 0.1) is 12.8 Å². The summed E-state index contributed by atoms with van der Waals surface area (Å²) >= 11 is 0. The second-order valence-electron chi connectivity index (χ2n) is 7.06. The highest BCUT2D eigenvalue weighted by Crippen LogP contribution is 2.26. The number of aromatic nitrogens is 1. The molecule has 0 radical (unpaired) electrons. The van der Waals surface area contributed by atoms with E-state index in [1.54, 1.807) is 12.1 Å². The van der Waals surface area contributed by atoms with E-state index < -0.39 is 10.0 Å². The van der Waals surface area contributed by atoms with Crippen molar-refractivity contribution in [2.75, 3.05) is 24.5 Å². The fraction of sp³-hybridized carbons (Fsp3) is 0.350. The van der Waals surface area contributed by atoms with E-state index in [2.05, 4.69) is 14.6 Å². The lowest BCUT2D eigenvalue weighted by Gasteiger charge is -2.30. The third-order valence-electron chi connectivity index (χ3n) is 5.06. The molecular weight excluding hydrogens is 362 g/mol. The van der Waals surface area contributed by atoms with E-state index in [-0.39, 0.29) is 0 Å². The number of anilines is 1. The van der Waals surface area contributed by atoms with E-state index in [0.717, 1.165) is 42.6 Å². The molecule has 1 saturated heterocycles. The summed E-state index contributed by atoms with van der Waals surface area (Å²) in [6.07, 6.45) is 1.80. The van der Waals surface area contributed by atoms with Crippen LogP contribution in [0.2, 0.25) is 0 Å². The number of rotatable bonds is 5. The average Bonchev–Trinajstić information content (AvgIpc) is 3.11. The second kappa shape index (κ2) is 7.32. The van der Waals surface area contributed by atoms with Gasteiger partial charge < -0.3 is 9.32 Å². The molecule has 0 unspecified atom stereocenters. The molecule has 6 nitrogen and oxygen atoms in total. The Balaban J connectivity index is 1.33. The molecule has 0 spiro atoms. The molecule has 0 atom stereocenters. The van der Waals surface area contributed by atoms with Gasteiger partial charge in [0.05, 0.1) is 4.90 Å². The van der Waals surface area contributed by atoms with Crippen molar-refractivity contribution in [1.82, 2.24) is 9.71 Å². The summed E-state index contributed by atoms with van der Waals surface area (Å²) in [5.74, 6) is 0.311. The highest BCUT2D eigenvalue weighted by atomic mass is 32.2. The molecule has 27 heavy (non-hydrogen) atoms. The summed E-state index contributed by atoms with van der Waals surface area (Å²) < 4.78 is 33.4. The van der Waals surface area contributed by atoms with Gasteiger partial charge in [-0.25, -0.2) is 13.1 Å². The Morgan fingerprint density at radius 2 is 1.81 bits per heavy atom. The number of sulfonamides is 1.